The molecule has 0 aliphatic carbocycles. The molecule has 194 valence electrons. The predicted molar refractivity (Wildman–Crippen MR) is 145 cm³/mol. The first-order valence-corrected chi connectivity index (χ1v) is 14.7. The van der Waals surface area contributed by atoms with Gasteiger partial charge >= 0.3 is 0 Å². The molecule has 0 fully saturated rings. The van der Waals surface area contributed by atoms with Crippen molar-refractivity contribution in [1.82, 2.24) is 0 Å². The van der Waals surface area contributed by atoms with Gasteiger partial charge in [0.15, 0.2) is 0 Å². The summed E-state index contributed by atoms with van der Waals surface area (Å²) >= 11 is 0. The van der Waals surface area contributed by atoms with Gasteiger partial charge in [-0.3, -0.25) is 0 Å². The van der Waals surface area contributed by atoms with Crippen LogP contribution in [-0.2, 0) is 6.54 Å². The molecule has 1 aromatic rings. The van der Waals surface area contributed by atoms with E-state index < -0.39 is 0 Å². The molecular weight excluding hydrogens is 422 g/mol. The van der Waals surface area contributed by atoms with Gasteiger partial charge in [0, 0.05) is 5.56 Å². The third-order valence-corrected chi connectivity index (χ3v) is 7.06. The first-order chi connectivity index (χ1) is 15.9. The number of hydrogen-bond donors (Lipinski definition) is 1. The van der Waals surface area contributed by atoms with Crippen LogP contribution in [0.1, 0.15) is 148 Å². The molecule has 0 aliphatic heterocycles. The highest BCUT2D eigenvalue weighted by atomic mass is 35.5. The first kappa shape index (κ1) is 32.5. The Kier molecular flexibility index (Phi) is 25.7. The van der Waals surface area contributed by atoms with Crippen LogP contribution in [0.15, 0.2) is 30.3 Å². The maximum Gasteiger partial charge on any atom is 0.103 e. The van der Waals surface area contributed by atoms with Crippen LogP contribution in [0.4, 0.5) is 0 Å². The average Bonchev–Trinajstić information content (AvgIpc) is 2.82. The number of unbranched alkanes of at least 4 members (excludes halogenated alkanes) is 18. The third-order valence-electron chi connectivity index (χ3n) is 7.06. The minimum absolute atomic E-state index is 0. The second-order valence-electron chi connectivity index (χ2n) is 10.3. The van der Waals surface area contributed by atoms with Gasteiger partial charge in [-0.25, -0.2) is 0 Å². The summed E-state index contributed by atoms with van der Waals surface area (Å²) in [5, 5.41) is 0. The van der Waals surface area contributed by atoms with Crippen molar-refractivity contribution in [3.8, 4) is 0 Å². The van der Waals surface area contributed by atoms with E-state index in [9.17, 15) is 0 Å². The minimum Gasteiger partial charge on any atom is -1.00 e. The van der Waals surface area contributed by atoms with Crippen LogP contribution in [0.25, 0.3) is 0 Å². The molecule has 2 heteroatoms. The van der Waals surface area contributed by atoms with Gasteiger partial charge in [0.2, 0.25) is 0 Å². The van der Waals surface area contributed by atoms with E-state index in [1.54, 1.807) is 0 Å². The van der Waals surface area contributed by atoms with E-state index in [1.807, 2.05) is 4.90 Å². The van der Waals surface area contributed by atoms with Crippen LogP contribution in [0.5, 0.6) is 0 Å². The van der Waals surface area contributed by atoms with Crippen LogP contribution in [0.2, 0.25) is 0 Å². The van der Waals surface area contributed by atoms with Crippen molar-refractivity contribution in [3.63, 3.8) is 0 Å². The van der Waals surface area contributed by atoms with Gasteiger partial charge in [-0.15, -0.1) is 0 Å². The molecule has 0 saturated carbocycles. The molecule has 1 N–H and O–H groups in total. The highest BCUT2D eigenvalue weighted by Crippen LogP contribution is 2.11. The highest BCUT2D eigenvalue weighted by Gasteiger charge is 2.09. The molecule has 0 radical (unpaired) electrons. The summed E-state index contributed by atoms with van der Waals surface area (Å²) in [7, 11) is 0. The van der Waals surface area contributed by atoms with E-state index in [-0.39, 0.29) is 12.4 Å². The first-order valence-electron chi connectivity index (χ1n) is 14.7. The van der Waals surface area contributed by atoms with Gasteiger partial charge in [-0.2, -0.15) is 0 Å². The van der Waals surface area contributed by atoms with Crippen molar-refractivity contribution in [2.24, 2.45) is 0 Å². The third kappa shape index (κ3) is 21.7. The Labute approximate surface area is 214 Å². The molecule has 0 bridgehead atoms. The van der Waals surface area contributed by atoms with Crippen LogP contribution in [0, 0.1) is 0 Å². The lowest BCUT2D eigenvalue weighted by Gasteiger charge is -2.20. The Morgan fingerprint density at radius 2 is 0.788 bits per heavy atom. The van der Waals surface area contributed by atoms with Crippen LogP contribution >= 0.6 is 0 Å². The summed E-state index contributed by atoms with van der Waals surface area (Å²) in [6.07, 6.45) is 28.8. The molecule has 1 nitrogen and oxygen atoms in total. The largest absolute Gasteiger partial charge is 1.00 e. The zero-order valence-corrected chi connectivity index (χ0v) is 23.3. The summed E-state index contributed by atoms with van der Waals surface area (Å²) in [5.41, 5.74) is 1.52. The fraction of sp³-hybridized carbons (Fsp3) is 0.806. The van der Waals surface area contributed by atoms with Gasteiger partial charge in [0.05, 0.1) is 13.1 Å². The van der Waals surface area contributed by atoms with Gasteiger partial charge in [-0.1, -0.05) is 147 Å². The molecule has 0 heterocycles. The molecule has 0 spiro atoms. The van der Waals surface area contributed by atoms with Crippen molar-refractivity contribution >= 4 is 0 Å². The predicted octanol–water partition coefficient (Wildman–Crippen LogP) is 5.92. The molecule has 0 amide bonds. The van der Waals surface area contributed by atoms with Gasteiger partial charge < -0.3 is 17.3 Å². The second-order valence-corrected chi connectivity index (χ2v) is 10.3. The quantitative estimate of drug-likeness (QED) is 0.175. The van der Waals surface area contributed by atoms with E-state index in [0.29, 0.717) is 0 Å². The lowest BCUT2D eigenvalue weighted by Crippen LogP contribution is -3.10. The highest BCUT2D eigenvalue weighted by molar-refractivity contribution is 5.13. The molecule has 1 rings (SSSR count). The topological polar surface area (TPSA) is 4.44 Å². The second kappa shape index (κ2) is 26.1. The number of nitrogens with one attached hydrogen (secondary N) is 1. The van der Waals surface area contributed by atoms with Crippen molar-refractivity contribution in [2.45, 2.75) is 149 Å². The van der Waals surface area contributed by atoms with Crippen LogP contribution < -0.4 is 17.3 Å². The maximum absolute atomic E-state index is 2.32. The summed E-state index contributed by atoms with van der Waals surface area (Å²) in [5.74, 6) is 0. The van der Waals surface area contributed by atoms with E-state index in [0.717, 1.165) is 0 Å². The van der Waals surface area contributed by atoms with Crippen molar-refractivity contribution < 1.29 is 17.3 Å². The summed E-state index contributed by atoms with van der Waals surface area (Å²) in [6.45, 7) is 8.56. The van der Waals surface area contributed by atoms with E-state index in [1.165, 1.54) is 154 Å². The number of halogens is 1. The number of benzene rings is 1. The van der Waals surface area contributed by atoms with E-state index in [4.69, 9.17) is 0 Å². The zero-order chi connectivity index (χ0) is 23.0. The smallest absolute Gasteiger partial charge is 0.103 e. The Bertz CT molecular complexity index is 451. The summed E-state index contributed by atoms with van der Waals surface area (Å²) < 4.78 is 0. The molecule has 1 aromatic carbocycles. The Hall–Kier alpha value is -0.530. The molecule has 0 unspecified atom stereocenters. The molecule has 33 heavy (non-hydrogen) atoms. The molecule has 0 aromatic heterocycles. The van der Waals surface area contributed by atoms with Crippen LogP contribution in [-0.4, -0.2) is 13.1 Å². The fourth-order valence-corrected chi connectivity index (χ4v) is 4.91. The molecule has 0 atom stereocenters. The maximum atomic E-state index is 2.32. The zero-order valence-electron chi connectivity index (χ0n) is 22.5. The van der Waals surface area contributed by atoms with Crippen LogP contribution in [0.3, 0.4) is 0 Å². The Morgan fingerprint density at radius 3 is 1.15 bits per heavy atom. The molecule has 0 aliphatic rings. The summed E-state index contributed by atoms with van der Waals surface area (Å²) in [6, 6.07) is 11.2. The number of quaternary nitrogens is 1. The standard InChI is InChI=1S/C31H57N.ClH/c1-3-5-7-9-11-13-15-17-19-24-28-32(30-31-26-22-21-23-27-31)29-25-20-18-16-14-12-10-8-6-4-2;/h21-23,26-27H,3-20,24-25,28-30H2,1-2H3;1H. The average molecular weight is 480 g/mol. The monoisotopic (exact) mass is 479 g/mol. The SMILES string of the molecule is CCCCCCCCCCCC[NH+](CCCCCCCCCCCC)Cc1ccccc1.[Cl-]. The van der Waals surface area contributed by atoms with E-state index in [2.05, 4.69) is 44.2 Å². The van der Waals surface area contributed by atoms with E-state index >= 15 is 0 Å². The molecular formula is C31H58ClN. The number of hydrogen-bond acceptors (Lipinski definition) is 0. The van der Waals surface area contributed by atoms with Gasteiger partial charge in [0.1, 0.15) is 6.54 Å². The van der Waals surface area contributed by atoms with Crippen molar-refractivity contribution in [2.75, 3.05) is 13.1 Å². The number of rotatable bonds is 24. The fourth-order valence-electron chi connectivity index (χ4n) is 4.91. The minimum atomic E-state index is 0. The Morgan fingerprint density at radius 1 is 0.455 bits per heavy atom. The van der Waals surface area contributed by atoms with Crippen molar-refractivity contribution in [1.29, 1.82) is 0 Å². The lowest BCUT2D eigenvalue weighted by atomic mass is 10.1. The normalized spacial score (nSPS) is 11.1. The lowest BCUT2D eigenvalue weighted by molar-refractivity contribution is -0.914. The van der Waals surface area contributed by atoms with Gasteiger partial charge in [-0.05, 0) is 25.7 Å². The van der Waals surface area contributed by atoms with Gasteiger partial charge in [0.25, 0.3) is 0 Å². The molecule has 0 saturated heterocycles. The van der Waals surface area contributed by atoms with Crippen molar-refractivity contribution in [3.05, 3.63) is 35.9 Å². The summed E-state index contributed by atoms with van der Waals surface area (Å²) in [4.78, 5) is 1.82. The Balaban J connectivity index is 0.0000102.